The number of furan rings is 1. The summed E-state index contributed by atoms with van der Waals surface area (Å²) in [6, 6.07) is 9.65. The molecule has 1 heterocycles. The van der Waals surface area contributed by atoms with E-state index >= 15 is 0 Å². The molecule has 7 heteroatoms. The standard InChI is InChI=1S/C17H19NO6/c1-21-16(19)14(18)9-11-4-3-5-12(8-11)23-10-13-6-7-15(24-13)17(20)22-2/h3-8,14H,9-10,18H2,1-2H3. The van der Waals surface area contributed by atoms with Crippen molar-refractivity contribution in [2.24, 2.45) is 5.73 Å². The van der Waals surface area contributed by atoms with Gasteiger partial charge in [0.1, 0.15) is 24.2 Å². The molecular formula is C17H19NO6. The Morgan fingerprint density at radius 2 is 1.96 bits per heavy atom. The Morgan fingerprint density at radius 3 is 2.67 bits per heavy atom. The molecule has 0 bridgehead atoms. The lowest BCUT2D eigenvalue weighted by atomic mass is 10.1. The van der Waals surface area contributed by atoms with Crippen molar-refractivity contribution in [1.82, 2.24) is 0 Å². The van der Waals surface area contributed by atoms with Gasteiger partial charge in [-0.1, -0.05) is 12.1 Å². The number of carbonyl (C=O) groups excluding carboxylic acids is 2. The largest absolute Gasteiger partial charge is 0.486 e. The first-order valence-electron chi connectivity index (χ1n) is 7.25. The van der Waals surface area contributed by atoms with Crippen molar-refractivity contribution >= 4 is 11.9 Å². The number of rotatable bonds is 7. The molecule has 1 aromatic heterocycles. The molecule has 0 saturated carbocycles. The highest BCUT2D eigenvalue weighted by Crippen LogP contribution is 2.17. The van der Waals surface area contributed by atoms with Crippen LogP contribution in [0.25, 0.3) is 0 Å². The molecule has 1 aromatic carbocycles. The molecule has 2 aromatic rings. The molecule has 24 heavy (non-hydrogen) atoms. The lowest BCUT2D eigenvalue weighted by Crippen LogP contribution is -2.33. The van der Waals surface area contributed by atoms with Crippen LogP contribution in [0.3, 0.4) is 0 Å². The van der Waals surface area contributed by atoms with Crippen LogP contribution in [0.5, 0.6) is 5.75 Å². The van der Waals surface area contributed by atoms with E-state index < -0.39 is 18.0 Å². The predicted octanol–water partition coefficient (Wildman–Crippen LogP) is 1.69. The lowest BCUT2D eigenvalue weighted by molar-refractivity contribution is -0.142. The van der Waals surface area contributed by atoms with Crippen molar-refractivity contribution in [2.45, 2.75) is 19.1 Å². The summed E-state index contributed by atoms with van der Waals surface area (Å²) in [6.45, 7) is 0.156. The fourth-order valence-corrected chi connectivity index (χ4v) is 2.07. The summed E-state index contributed by atoms with van der Waals surface area (Å²) in [5.41, 5.74) is 6.59. The number of ether oxygens (including phenoxy) is 3. The first-order chi connectivity index (χ1) is 11.5. The predicted molar refractivity (Wildman–Crippen MR) is 84.5 cm³/mol. The number of hydrogen-bond donors (Lipinski definition) is 1. The fourth-order valence-electron chi connectivity index (χ4n) is 2.07. The Hall–Kier alpha value is -2.80. The van der Waals surface area contributed by atoms with Crippen molar-refractivity contribution in [2.75, 3.05) is 14.2 Å². The van der Waals surface area contributed by atoms with Crippen LogP contribution < -0.4 is 10.5 Å². The van der Waals surface area contributed by atoms with Gasteiger partial charge in [0.25, 0.3) is 0 Å². The van der Waals surface area contributed by atoms with E-state index in [2.05, 4.69) is 9.47 Å². The topological polar surface area (TPSA) is 101 Å². The van der Waals surface area contributed by atoms with E-state index in [-0.39, 0.29) is 12.4 Å². The second kappa shape index (κ2) is 8.16. The van der Waals surface area contributed by atoms with Gasteiger partial charge in [-0.2, -0.15) is 0 Å². The Balaban J connectivity index is 1.96. The van der Waals surface area contributed by atoms with Crippen LogP contribution in [0.1, 0.15) is 21.9 Å². The van der Waals surface area contributed by atoms with E-state index in [0.29, 0.717) is 17.9 Å². The van der Waals surface area contributed by atoms with Gasteiger partial charge in [0.2, 0.25) is 5.76 Å². The fraction of sp³-hybridized carbons (Fsp3) is 0.294. The van der Waals surface area contributed by atoms with Crippen LogP contribution in [0, 0.1) is 0 Å². The van der Waals surface area contributed by atoms with E-state index in [1.807, 2.05) is 6.07 Å². The molecule has 0 amide bonds. The average Bonchev–Trinajstić information content (AvgIpc) is 3.07. The monoisotopic (exact) mass is 333 g/mol. The van der Waals surface area contributed by atoms with E-state index in [4.69, 9.17) is 14.9 Å². The van der Waals surface area contributed by atoms with Gasteiger partial charge in [-0.3, -0.25) is 4.79 Å². The molecule has 0 aliphatic heterocycles. The molecule has 2 N–H and O–H groups in total. The van der Waals surface area contributed by atoms with Crippen LogP contribution in [0.4, 0.5) is 0 Å². The van der Waals surface area contributed by atoms with Crippen molar-refractivity contribution in [3.8, 4) is 5.75 Å². The summed E-state index contributed by atoms with van der Waals surface area (Å²) in [7, 11) is 2.58. The average molecular weight is 333 g/mol. The normalized spacial score (nSPS) is 11.6. The molecule has 1 atom stereocenters. The molecule has 0 spiro atoms. The van der Waals surface area contributed by atoms with Crippen molar-refractivity contribution in [3.63, 3.8) is 0 Å². The molecular weight excluding hydrogens is 314 g/mol. The number of benzene rings is 1. The van der Waals surface area contributed by atoms with E-state index in [9.17, 15) is 9.59 Å². The van der Waals surface area contributed by atoms with Crippen LogP contribution in [-0.4, -0.2) is 32.2 Å². The minimum absolute atomic E-state index is 0.119. The second-order valence-corrected chi connectivity index (χ2v) is 5.03. The van der Waals surface area contributed by atoms with Crippen LogP contribution >= 0.6 is 0 Å². The maximum atomic E-state index is 11.4. The number of carbonyl (C=O) groups is 2. The lowest BCUT2D eigenvalue weighted by Gasteiger charge is -2.10. The van der Waals surface area contributed by atoms with Crippen LogP contribution in [-0.2, 0) is 27.3 Å². The third-order valence-electron chi connectivity index (χ3n) is 3.29. The number of hydrogen-bond acceptors (Lipinski definition) is 7. The number of nitrogens with two attached hydrogens (primary N) is 1. The quantitative estimate of drug-likeness (QED) is 0.769. The minimum Gasteiger partial charge on any atom is -0.486 e. The number of esters is 2. The summed E-state index contributed by atoms with van der Waals surface area (Å²) >= 11 is 0. The van der Waals surface area contributed by atoms with E-state index in [1.54, 1.807) is 24.3 Å². The zero-order valence-electron chi connectivity index (χ0n) is 13.5. The first kappa shape index (κ1) is 17.6. The molecule has 0 fully saturated rings. The van der Waals surface area contributed by atoms with Gasteiger partial charge in [-0.25, -0.2) is 4.79 Å². The maximum absolute atomic E-state index is 11.4. The molecule has 128 valence electrons. The van der Waals surface area contributed by atoms with Gasteiger partial charge in [0.15, 0.2) is 0 Å². The van der Waals surface area contributed by atoms with Crippen molar-refractivity contribution in [1.29, 1.82) is 0 Å². The third-order valence-corrected chi connectivity index (χ3v) is 3.29. The summed E-state index contributed by atoms with van der Waals surface area (Å²) in [5.74, 6) is 0.203. The Kier molecular flexibility index (Phi) is 5.97. The van der Waals surface area contributed by atoms with Gasteiger partial charge in [-0.05, 0) is 36.2 Å². The van der Waals surface area contributed by atoms with E-state index in [1.165, 1.54) is 20.3 Å². The van der Waals surface area contributed by atoms with Gasteiger partial charge in [0.05, 0.1) is 14.2 Å². The summed E-state index contributed by atoms with van der Waals surface area (Å²) < 4.78 is 20.1. The first-order valence-corrected chi connectivity index (χ1v) is 7.25. The Morgan fingerprint density at radius 1 is 1.17 bits per heavy atom. The zero-order valence-corrected chi connectivity index (χ0v) is 13.5. The highest BCUT2D eigenvalue weighted by Gasteiger charge is 2.15. The highest BCUT2D eigenvalue weighted by molar-refractivity contribution is 5.86. The van der Waals surface area contributed by atoms with Crippen molar-refractivity contribution < 1.29 is 28.2 Å². The molecule has 1 unspecified atom stereocenters. The molecule has 0 aliphatic carbocycles. The smallest absolute Gasteiger partial charge is 0.373 e. The SMILES string of the molecule is COC(=O)c1ccc(COc2cccc(CC(N)C(=O)OC)c2)o1. The molecule has 0 saturated heterocycles. The van der Waals surface area contributed by atoms with Gasteiger partial charge in [0, 0.05) is 0 Å². The third kappa shape index (κ3) is 4.60. The Bertz CT molecular complexity index is 709. The van der Waals surface area contributed by atoms with Crippen LogP contribution in [0.15, 0.2) is 40.8 Å². The molecule has 2 rings (SSSR count). The minimum atomic E-state index is -0.724. The summed E-state index contributed by atoms with van der Waals surface area (Å²) in [6.07, 6.45) is 0.344. The maximum Gasteiger partial charge on any atom is 0.373 e. The van der Waals surface area contributed by atoms with Crippen LogP contribution in [0.2, 0.25) is 0 Å². The van der Waals surface area contributed by atoms with Gasteiger partial charge in [-0.15, -0.1) is 0 Å². The van der Waals surface area contributed by atoms with E-state index in [0.717, 1.165) is 5.56 Å². The zero-order chi connectivity index (χ0) is 17.5. The second-order valence-electron chi connectivity index (χ2n) is 5.03. The molecule has 7 nitrogen and oxygen atoms in total. The molecule has 0 aliphatic rings. The van der Waals surface area contributed by atoms with Crippen molar-refractivity contribution in [3.05, 3.63) is 53.5 Å². The van der Waals surface area contributed by atoms with Gasteiger partial charge >= 0.3 is 11.9 Å². The Labute approximate surface area is 139 Å². The van der Waals surface area contributed by atoms with Gasteiger partial charge < -0.3 is 24.4 Å². The number of methoxy groups -OCH3 is 2. The molecule has 0 radical (unpaired) electrons. The highest BCUT2D eigenvalue weighted by atomic mass is 16.5. The summed E-state index contributed by atoms with van der Waals surface area (Å²) in [5, 5.41) is 0. The summed E-state index contributed by atoms with van der Waals surface area (Å²) in [4.78, 5) is 22.7.